The number of hydrogen-bond donors (Lipinski definition) is 0. The Kier molecular flexibility index (Phi) is 3.95. The molecule has 1 heterocycles. The SMILES string of the molecule is CC(CBr)N(C)Cc1nc2ccccc2s1. The molecule has 0 radical (unpaired) electrons. The van der Waals surface area contributed by atoms with Gasteiger partial charge < -0.3 is 0 Å². The van der Waals surface area contributed by atoms with Crippen LogP contribution in [-0.4, -0.2) is 28.3 Å². The predicted octanol–water partition coefficient (Wildman–Crippen LogP) is 3.51. The van der Waals surface area contributed by atoms with Crippen LogP contribution in [-0.2, 0) is 6.54 Å². The molecule has 0 fully saturated rings. The molecule has 1 unspecified atom stereocenters. The summed E-state index contributed by atoms with van der Waals surface area (Å²) >= 11 is 5.29. The lowest BCUT2D eigenvalue weighted by atomic mass is 10.3. The van der Waals surface area contributed by atoms with Crippen LogP contribution in [0.25, 0.3) is 10.2 Å². The van der Waals surface area contributed by atoms with Gasteiger partial charge in [0, 0.05) is 11.4 Å². The monoisotopic (exact) mass is 298 g/mol. The zero-order chi connectivity index (χ0) is 11.5. The van der Waals surface area contributed by atoms with Gasteiger partial charge in [-0.1, -0.05) is 28.1 Å². The molecule has 0 bridgehead atoms. The predicted molar refractivity (Wildman–Crippen MR) is 74.3 cm³/mol. The van der Waals surface area contributed by atoms with Gasteiger partial charge in [-0.2, -0.15) is 0 Å². The Morgan fingerprint density at radius 1 is 1.44 bits per heavy atom. The summed E-state index contributed by atoms with van der Waals surface area (Å²) in [6.45, 7) is 3.13. The highest BCUT2D eigenvalue weighted by molar-refractivity contribution is 9.09. The average Bonchev–Trinajstić information content (AvgIpc) is 2.69. The van der Waals surface area contributed by atoms with Crippen LogP contribution in [0.3, 0.4) is 0 Å². The number of nitrogens with zero attached hydrogens (tertiary/aromatic N) is 2. The van der Waals surface area contributed by atoms with Crippen molar-refractivity contribution in [1.82, 2.24) is 9.88 Å². The van der Waals surface area contributed by atoms with Crippen LogP contribution in [0, 0.1) is 0 Å². The number of benzene rings is 1. The zero-order valence-electron chi connectivity index (χ0n) is 9.48. The van der Waals surface area contributed by atoms with Crippen LogP contribution in [0.1, 0.15) is 11.9 Å². The van der Waals surface area contributed by atoms with Crippen molar-refractivity contribution in [2.45, 2.75) is 19.5 Å². The Balaban J connectivity index is 2.15. The van der Waals surface area contributed by atoms with E-state index in [1.54, 1.807) is 11.3 Å². The lowest BCUT2D eigenvalue weighted by Gasteiger charge is -2.21. The van der Waals surface area contributed by atoms with Crippen LogP contribution in [0.4, 0.5) is 0 Å². The molecule has 2 nitrogen and oxygen atoms in total. The Bertz CT molecular complexity index is 436. The number of para-hydroxylation sites is 1. The molecular weight excluding hydrogens is 284 g/mol. The fraction of sp³-hybridized carbons (Fsp3) is 0.417. The summed E-state index contributed by atoms with van der Waals surface area (Å²) < 4.78 is 1.28. The molecule has 1 atom stereocenters. The van der Waals surface area contributed by atoms with Crippen molar-refractivity contribution < 1.29 is 0 Å². The van der Waals surface area contributed by atoms with Crippen LogP contribution in [0.5, 0.6) is 0 Å². The molecule has 0 spiro atoms. The van der Waals surface area contributed by atoms with Gasteiger partial charge in [0.25, 0.3) is 0 Å². The van der Waals surface area contributed by atoms with Gasteiger partial charge in [-0.3, -0.25) is 4.90 Å². The third-order valence-corrected chi connectivity index (χ3v) is 4.66. The van der Waals surface area contributed by atoms with Crippen LogP contribution < -0.4 is 0 Å². The Morgan fingerprint density at radius 3 is 2.88 bits per heavy atom. The number of rotatable bonds is 4. The quantitative estimate of drug-likeness (QED) is 0.803. The first-order valence-electron chi connectivity index (χ1n) is 5.31. The van der Waals surface area contributed by atoms with Crippen molar-refractivity contribution in [3.05, 3.63) is 29.3 Å². The highest BCUT2D eigenvalue weighted by Gasteiger charge is 2.10. The van der Waals surface area contributed by atoms with E-state index in [2.05, 4.69) is 58.0 Å². The van der Waals surface area contributed by atoms with Gasteiger partial charge in [-0.25, -0.2) is 4.98 Å². The normalized spacial score (nSPS) is 13.5. The van der Waals surface area contributed by atoms with E-state index in [0.717, 1.165) is 17.4 Å². The molecule has 2 aromatic rings. The smallest absolute Gasteiger partial charge is 0.108 e. The molecule has 1 aromatic heterocycles. The first-order chi connectivity index (χ1) is 7.70. The standard InChI is InChI=1S/C12H15BrN2S/c1-9(7-13)15(2)8-12-14-10-5-3-4-6-11(10)16-12/h3-6,9H,7-8H2,1-2H3. The van der Waals surface area contributed by atoms with Crippen molar-refractivity contribution >= 4 is 37.5 Å². The van der Waals surface area contributed by atoms with E-state index in [0.29, 0.717) is 6.04 Å². The highest BCUT2D eigenvalue weighted by Crippen LogP contribution is 2.22. The van der Waals surface area contributed by atoms with Crippen LogP contribution in [0.2, 0.25) is 0 Å². The molecule has 4 heteroatoms. The lowest BCUT2D eigenvalue weighted by molar-refractivity contribution is 0.270. The molecule has 86 valence electrons. The topological polar surface area (TPSA) is 16.1 Å². The van der Waals surface area contributed by atoms with E-state index < -0.39 is 0 Å². The third-order valence-electron chi connectivity index (χ3n) is 2.70. The first kappa shape index (κ1) is 12.0. The number of halogens is 1. The van der Waals surface area contributed by atoms with Crippen molar-refractivity contribution in [2.24, 2.45) is 0 Å². The minimum Gasteiger partial charge on any atom is -0.296 e. The molecule has 0 aliphatic rings. The van der Waals surface area contributed by atoms with E-state index >= 15 is 0 Å². The third kappa shape index (κ3) is 2.62. The Labute approximate surface area is 108 Å². The van der Waals surface area contributed by atoms with E-state index in [-0.39, 0.29) is 0 Å². The number of fused-ring (bicyclic) bond motifs is 1. The second kappa shape index (κ2) is 5.25. The lowest BCUT2D eigenvalue weighted by Crippen LogP contribution is -2.29. The summed E-state index contributed by atoms with van der Waals surface area (Å²) in [6.07, 6.45) is 0. The summed E-state index contributed by atoms with van der Waals surface area (Å²) in [4.78, 5) is 6.94. The highest BCUT2D eigenvalue weighted by atomic mass is 79.9. The van der Waals surface area contributed by atoms with Crippen molar-refractivity contribution in [1.29, 1.82) is 0 Å². The fourth-order valence-corrected chi connectivity index (χ4v) is 3.00. The van der Waals surface area contributed by atoms with Gasteiger partial charge >= 0.3 is 0 Å². The maximum Gasteiger partial charge on any atom is 0.108 e. The second-order valence-electron chi connectivity index (χ2n) is 3.99. The van der Waals surface area contributed by atoms with Crippen molar-refractivity contribution in [2.75, 3.05) is 12.4 Å². The number of thiazole rings is 1. The average molecular weight is 299 g/mol. The van der Waals surface area contributed by atoms with Crippen LogP contribution >= 0.6 is 27.3 Å². The fourth-order valence-electron chi connectivity index (χ4n) is 1.47. The summed E-state index contributed by atoms with van der Waals surface area (Å²) in [5.74, 6) is 0. The molecule has 1 aromatic carbocycles. The van der Waals surface area contributed by atoms with Crippen molar-refractivity contribution in [3.63, 3.8) is 0 Å². The molecule has 0 N–H and O–H groups in total. The van der Waals surface area contributed by atoms with Gasteiger partial charge in [-0.05, 0) is 26.1 Å². The van der Waals surface area contributed by atoms with E-state index in [4.69, 9.17) is 0 Å². The summed E-state index contributed by atoms with van der Waals surface area (Å²) in [5.41, 5.74) is 1.11. The van der Waals surface area contributed by atoms with Gasteiger partial charge in [0.15, 0.2) is 0 Å². The van der Waals surface area contributed by atoms with Gasteiger partial charge in [-0.15, -0.1) is 11.3 Å². The first-order valence-corrected chi connectivity index (χ1v) is 7.25. The molecule has 0 saturated carbocycles. The Hall–Kier alpha value is -0.450. The van der Waals surface area contributed by atoms with E-state index in [1.807, 2.05) is 6.07 Å². The number of alkyl halides is 1. The van der Waals surface area contributed by atoms with Gasteiger partial charge in [0.1, 0.15) is 5.01 Å². The maximum atomic E-state index is 4.63. The molecule has 0 aliphatic carbocycles. The molecule has 16 heavy (non-hydrogen) atoms. The number of hydrogen-bond acceptors (Lipinski definition) is 3. The second-order valence-corrected chi connectivity index (χ2v) is 5.76. The minimum absolute atomic E-state index is 0.534. The van der Waals surface area contributed by atoms with Gasteiger partial charge in [0.2, 0.25) is 0 Å². The Morgan fingerprint density at radius 2 is 2.19 bits per heavy atom. The molecule has 0 amide bonds. The molecular formula is C12H15BrN2S. The van der Waals surface area contributed by atoms with Gasteiger partial charge in [0.05, 0.1) is 16.8 Å². The number of aromatic nitrogens is 1. The molecule has 0 aliphatic heterocycles. The summed E-state index contributed by atoms with van der Waals surface area (Å²) in [6, 6.07) is 8.84. The largest absolute Gasteiger partial charge is 0.296 e. The minimum atomic E-state index is 0.534. The molecule has 2 rings (SSSR count). The summed E-state index contributed by atoms with van der Waals surface area (Å²) in [7, 11) is 2.14. The van der Waals surface area contributed by atoms with E-state index in [1.165, 1.54) is 9.71 Å². The van der Waals surface area contributed by atoms with Crippen molar-refractivity contribution in [3.8, 4) is 0 Å². The zero-order valence-corrected chi connectivity index (χ0v) is 11.9. The van der Waals surface area contributed by atoms with Crippen LogP contribution in [0.15, 0.2) is 24.3 Å². The van der Waals surface area contributed by atoms with E-state index in [9.17, 15) is 0 Å². The molecule has 0 saturated heterocycles. The summed E-state index contributed by atoms with van der Waals surface area (Å²) in [5, 5.41) is 2.19. The maximum absolute atomic E-state index is 4.63.